The monoisotopic (exact) mass is 261 g/mol. The zero-order valence-corrected chi connectivity index (χ0v) is 11.5. The highest BCUT2D eigenvalue weighted by Gasteiger charge is 2.21. The normalized spacial score (nSPS) is 19.0. The van der Waals surface area contributed by atoms with E-state index >= 15 is 0 Å². The standard InChI is InChI=1S/C14H15NS2/c1-10-9-16-14(15-10)17-13-8-4-6-11-5-2-3-7-12(11)13/h2-3,5,7,9,13H,4,6,8H2,1H3/t13-/m1/s1. The van der Waals surface area contributed by atoms with Gasteiger partial charge in [-0.05, 0) is 37.3 Å². The summed E-state index contributed by atoms with van der Waals surface area (Å²) < 4.78 is 1.21. The molecule has 0 radical (unpaired) electrons. The van der Waals surface area contributed by atoms with E-state index in [-0.39, 0.29) is 0 Å². The number of aryl methyl sites for hydroxylation is 2. The molecule has 1 aromatic heterocycles. The molecule has 1 nitrogen and oxygen atoms in total. The molecule has 1 heterocycles. The maximum absolute atomic E-state index is 4.56. The molecule has 1 atom stereocenters. The Bertz CT molecular complexity index is 518. The molecule has 0 saturated carbocycles. The lowest BCUT2D eigenvalue weighted by atomic mass is 9.91. The minimum Gasteiger partial charge on any atom is -0.235 e. The number of thiazole rings is 1. The summed E-state index contributed by atoms with van der Waals surface area (Å²) in [6, 6.07) is 8.87. The molecule has 1 aromatic carbocycles. The second-order valence-electron chi connectivity index (χ2n) is 4.45. The molecule has 0 unspecified atom stereocenters. The van der Waals surface area contributed by atoms with E-state index in [1.165, 1.54) is 34.7 Å². The smallest absolute Gasteiger partial charge is 0.150 e. The lowest BCUT2D eigenvalue weighted by molar-refractivity contribution is 0.673. The Morgan fingerprint density at radius 3 is 3.06 bits per heavy atom. The van der Waals surface area contributed by atoms with Crippen LogP contribution < -0.4 is 0 Å². The molecular formula is C14H15NS2. The average molecular weight is 261 g/mol. The highest BCUT2D eigenvalue weighted by molar-refractivity contribution is 8.01. The number of nitrogens with zero attached hydrogens (tertiary/aromatic N) is 1. The second-order valence-corrected chi connectivity index (χ2v) is 6.76. The molecule has 0 amide bonds. The minimum atomic E-state index is 0.602. The van der Waals surface area contributed by atoms with Crippen LogP contribution in [0, 0.1) is 6.92 Å². The largest absolute Gasteiger partial charge is 0.235 e. The van der Waals surface area contributed by atoms with Gasteiger partial charge in [-0.1, -0.05) is 36.0 Å². The van der Waals surface area contributed by atoms with Gasteiger partial charge < -0.3 is 0 Å². The Morgan fingerprint density at radius 1 is 1.35 bits per heavy atom. The summed E-state index contributed by atoms with van der Waals surface area (Å²) in [6.07, 6.45) is 3.82. The molecule has 3 heteroatoms. The molecule has 1 aliphatic rings. The summed E-state index contributed by atoms with van der Waals surface area (Å²) in [5.41, 5.74) is 4.20. The number of hydrogen-bond donors (Lipinski definition) is 0. The Morgan fingerprint density at radius 2 is 2.24 bits per heavy atom. The molecule has 0 N–H and O–H groups in total. The van der Waals surface area contributed by atoms with Crippen LogP contribution in [-0.4, -0.2) is 4.98 Å². The van der Waals surface area contributed by atoms with E-state index in [0.717, 1.165) is 5.69 Å². The first kappa shape index (κ1) is 11.3. The molecule has 17 heavy (non-hydrogen) atoms. The summed E-state index contributed by atoms with van der Waals surface area (Å²) in [6.45, 7) is 2.06. The van der Waals surface area contributed by atoms with Crippen LogP contribution in [0.3, 0.4) is 0 Å². The number of thioether (sulfide) groups is 1. The van der Waals surface area contributed by atoms with Crippen LogP contribution in [0.2, 0.25) is 0 Å². The van der Waals surface area contributed by atoms with Gasteiger partial charge in [0.1, 0.15) is 0 Å². The van der Waals surface area contributed by atoms with Crippen LogP contribution in [0.25, 0.3) is 0 Å². The van der Waals surface area contributed by atoms with Gasteiger partial charge in [-0.2, -0.15) is 0 Å². The predicted molar refractivity (Wildman–Crippen MR) is 74.8 cm³/mol. The zero-order valence-electron chi connectivity index (χ0n) is 9.85. The first-order chi connectivity index (χ1) is 8.33. The third kappa shape index (κ3) is 2.40. The van der Waals surface area contributed by atoms with Gasteiger partial charge in [-0.3, -0.25) is 0 Å². The molecule has 0 spiro atoms. The first-order valence-electron chi connectivity index (χ1n) is 5.99. The van der Waals surface area contributed by atoms with Crippen LogP contribution in [-0.2, 0) is 6.42 Å². The van der Waals surface area contributed by atoms with E-state index in [0.29, 0.717) is 5.25 Å². The van der Waals surface area contributed by atoms with Crippen molar-refractivity contribution in [2.24, 2.45) is 0 Å². The third-order valence-corrected chi connectivity index (χ3v) is 5.55. The molecule has 88 valence electrons. The Balaban J connectivity index is 1.85. The molecule has 0 fully saturated rings. The summed E-state index contributed by atoms with van der Waals surface area (Å²) in [5, 5.41) is 2.74. The van der Waals surface area contributed by atoms with E-state index in [1.807, 2.05) is 11.8 Å². The Labute approximate surface area is 110 Å². The van der Waals surface area contributed by atoms with Crippen molar-refractivity contribution >= 4 is 23.1 Å². The molecule has 1 aliphatic carbocycles. The summed E-state index contributed by atoms with van der Waals surface area (Å²) in [5.74, 6) is 0. The molecular weight excluding hydrogens is 246 g/mol. The maximum atomic E-state index is 4.56. The number of hydrogen-bond acceptors (Lipinski definition) is 3. The van der Waals surface area contributed by atoms with Crippen molar-refractivity contribution in [3.63, 3.8) is 0 Å². The Kier molecular flexibility index (Phi) is 3.21. The van der Waals surface area contributed by atoms with Gasteiger partial charge in [0.25, 0.3) is 0 Å². The number of rotatable bonds is 2. The van der Waals surface area contributed by atoms with E-state index in [9.17, 15) is 0 Å². The molecule has 0 bridgehead atoms. The lowest BCUT2D eigenvalue weighted by Crippen LogP contribution is -2.06. The predicted octanol–water partition coefficient (Wildman–Crippen LogP) is 4.62. The van der Waals surface area contributed by atoms with Gasteiger partial charge >= 0.3 is 0 Å². The summed E-state index contributed by atoms with van der Waals surface area (Å²) in [7, 11) is 0. The first-order valence-corrected chi connectivity index (χ1v) is 7.75. The summed E-state index contributed by atoms with van der Waals surface area (Å²) in [4.78, 5) is 4.56. The van der Waals surface area contributed by atoms with Crippen molar-refractivity contribution in [3.05, 3.63) is 46.5 Å². The van der Waals surface area contributed by atoms with Crippen LogP contribution >= 0.6 is 23.1 Å². The van der Waals surface area contributed by atoms with Gasteiger partial charge in [0.05, 0.1) is 0 Å². The van der Waals surface area contributed by atoms with Crippen molar-refractivity contribution in [1.82, 2.24) is 4.98 Å². The third-order valence-electron chi connectivity index (χ3n) is 3.16. The van der Waals surface area contributed by atoms with E-state index in [2.05, 4.69) is 41.6 Å². The SMILES string of the molecule is Cc1csc(S[C@@H]2CCCc3ccccc32)n1. The van der Waals surface area contributed by atoms with Crippen LogP contribution in [0.1, 0.15) is 34.9 Å². The van der Waals surface area contributed by atoms with Crippen molar-refractivity contribution in [3.8, 4) is 0 Å². The Hall–Kier alpha value is -0.800. The van der Waals surface area contributed by atoms with E-state index in [4.69, 9.17) is 0 Å². The van der Waals surface area contributed by atoms with Crippen LogP contribution in [0.15, 0.2) is 34.0 Å². The van der Waals surface area contributed by atoms with Crippen molar-refractivity contribution < 1.29 is 0 Å². The zero-order chi connectivity index (χ0) is 11.7. The molecule has 3 rings (SSSR count). The van der Waals surface area contributed by atoms with Crippen molar-refractivity contribution in [2.45, 2.75) is 35.8 Å². The minimum absolute atomic E-state index is 0.602. The van der Waals surface area contributed by atoms with Crippen LogP contribution in [0.5, 0.6) is 0 Å². The number of benzene rings is 1. The van der Waals surface area contributed by atoms with Gasteiger partial charge in [-0.15, -0.1) is 11.3 Å². The topological polar surface area (TPSA) is 12.9 Å². The van der Waals surface area contributed by atoms with Crippen molar-refractivity contribution in [1.29, 1.82) is 0 Å². The second kappa shape index (κ2) is 4.83. The van der Waals surface area contributed by atoms with E-state index < -0.39 is 0 Å². The highest BCUT2D eigenvalue weighted by Crippen LogP contribution is 2.43. The lowest BCUT2D eigenvalue weighted by Gasteiger charge is -2.24. The van der Waals surface area contributed by atoms with E-state index in [1.54, 1.807) is 11.3 Å². The average Bonchev–Trinajstić information content (AvgIpc) is 2.75. The van der Waals surface area contributed by atoms with Gasteiger partial charge in [0.15, 0.2) is 4.34 Å². The highest BCUT2D eigenvalue weighted by atomic mass is 32.2. The van der Waals surface area contributed by atoms with Gasteiger partial charge in [0, 0.05) is 16.3 Å². The fourth-order valence-corrected chi connectivity index (χ4v) is 4.66. The molecule has 2 aromatic rings. The van der Waals surface area contributed by atoms with Gasteiger partial charge in [-0.25, -0.2) is 4.98 Å². The number of fused-ring (bicyclic) bond motifs is 1. The molecule has 0 saturated heterocycles. The number of aromatic nitrogens is 1. The fraction of sp³-hybridized carbons (Fsp3) is 0.357. The quantitative estimate of drug-likeness (QED) is 0.782. The van der Waals surface area contributed by atoms with Crippen molar-refractivity contribution in [2.75, 3.05) is 0 Å². The summed E-state index contributed by atoms with van der Waals surface area (Å²) >= 11 is 3.71. The molecule has 0 aliphatic heterocycles. The maximum Gasteiger partial charge on any atom is 0.150 e. The fourth-order valence-electron chi connectivity index (χ4n) is 2.34. The van der Waals surface area contributed by atoms with Gasteiger partial charge in [0.2, 0.25) is 0 Å². The van der Waals surface area contributed by atoms with Crippen LogP contribution in [0.4, 0.5) is 0 Å².